The van der Waals surface area contributed by atoms with E-state index in [-0.39, 0.29) is 0 Å². The summed E-state index contributed by atoms with van der Waals surface area (Å²) in [5, 5.41) is 12.0. The summed E-state index contributed by atoms with van der Waals surface area (Å²) in [6, 6.07) is 10.1. The summed E-state index contributed by atoms with van der Waals surface area (Å²) >= 11 is 3.60. The Balaban J connectivity index is 1.96. The number of halogens is 1. The highest BCUT2D eigenvalue weighted by molar-refractivity contribution is 9.10. The van der Waals surface area contributed by atoms with Gasteiger partial charge in [-0.2, -0.15) is 0 Å². The van der Waals surface area contributed by atoms with Crippen LogP contribution < -0.4 is 0 Å². The van der Waals surface area contributed by atoms with Crippen molar-refractivity contribution in [3.63, 3.8) is 0 Å². The number of fused-ring (bicyclic) bond motifs is 1. The third kappa shape index (κ3) is 3.00. The molecule has 21 heavy (non-hydrogen) atoms. The fourth-order valence-electron chi connectivity index (χ4n) is 3.67. The van der Waals surface area contributed by atoms with Crippen molar-refractivity contribution < 1.29 is 5.11 Å². The zero-order chi connectivity index (χ0) is 14.8. The number of aliphatic hydroxyl groups is 1. The van der Waals surface area contributed by atoms with Crippen molar-refractivity contribution in [1.82, 2.24) is 4.98 Å². The van der Waals surface area contributed by atoms with E-state index < -0.39 is 6.10 Å². The van der Waals surface area contributed by atoms with E-state index in [0.29, 0.717) is 11.8 Å². The maximum atomic E-state index is 10.9. The molecule has 1 aliphatic carbocycles. The van der Waals surface area contributed by atoms with Crippen molar-refractivity contribution >= 4 is 26.8 Å². The fourth-order valence-corrected chi connectivity index (χ4v) is 4.24. The van der Waals surface area contributed by atoms with E-state index in [0.717, 1.165) is 33.9 Å². The maximum Gasteiger partial charge on any atom is 0.100 e. The molecule has 1 fully saturated rings. The van der Waals surface area contributed by atoms with E-state index >= 15 is 0 Å². The van der Waals surface area contributed by atoms with Crippen LogP contribution in [0.25, 0.3) is 10.9 Å². The average molecular weight is 348 g/mol. The van der Waals surface area contributed by atoms with E-state index in [1.54, 1.807) is 0 Å². The Morgan fingerprint density at radius 1 is 1.29 bits per heavy atom. The van der Waals surface area contributed by atoms with Crippen LogP contribution in [0.4, 0.5) is 0 Å². The quantitative estimate of drug-likeness (QED) is 0.822. The van der Waals surface area contributed by atoms with E-state index in [1.807, 2.05) is 18.2 Å². The van der Waals surface area contributed by atoms with Gasteiger partial charge in [0.05, 0.1) is 11.2 Å². The van der Waals surface area contributed by atoms with E-state index in [2.05, 4.69) is 35.0 Å². The molecule has 0 amide bonds. The third-order valence-electron chi connectivity index (χ3n) is 4.88. The van der Waals surface area contributed by atoms with Gasteiger partial charge in [0.15, 0.2) is 0 Å². The summed E-state index contributed by atoms with van der Waals surface area (Å²) in [6.45, 7) is 2.23. The van der Waals surface area contributed by atoms with E-state index in [4.69, 9.17) is 4.98 Å². The molecule has 0 aliphatic heterocycles. The normalized spacial score (nSPS) is 24.1. The molecule has 0 spiro atoms. The highest BCUT2D eigenvalue weighted by Crippen LogP contribution is 2.41. The highest BCUT2D eigenvalue weighted by atomic mass is 79.9. The van der Waals surface area contributed by atoms with Crippen molar-refractivity contribution in [2.75, 3.05) is 0 Å². The van der Waals surface area contributed by atoms with Crippen LogP contribution in [0.15, 0.2) is 34.8 Å². The van der Waals surface area contributed by atoms with Gasteiger partial charge in [-0.25, -0.2) is 4.98 Å². The van der Waals surface area contributed by atoms with Gasteiger partial charge in [-0.15, -0.1) is 0 Å². The highest BCUT2D eigenvalue weighted by Gasteiger charge is 2.32. The van der Waals surface area contributed by atoms with Gasteiger partial charge in [-0.3, -0.25) is 0 Å². The first-order chi connectivity index (χ1) is 10.2. The average Bonchev–Trinajstić information content (AvgIpc) is 2.53. The lowest BCUT2D eigenvalue weighted by molar-refractivity contribution is 0.0419. The molecule has 3 atom stereocenters. The number of benzene rings is 1. The molecule has 0 bridgehead atoms. The van der Waals surface area contributed by atoms with Gasteiger partial charge in [0.1, 0.15) is 6.10 Å². The van der Waals surface area contributed by atoms with Crippen LogP contribution in [0.5, 0.6) is 0 Å². The lowest BCUT2D eigenvalue weighted by Crippen LogP contribution is -2.26. The molecular weight excluding hydrogens is 326 g/mol. The number of hydrogen-bond acceptors (Lipinski definition) is 2. The first-order valence-electron chi connectivity index (χ1n) is 7.94. The van der Waals surface area contributed by atoms with Crippen molar-refractivity contribution in [3.05, 3.63) is 40.5 Å². The summed E-state index contributed by atoms with van der Waals surface area (Å²) < 4.78 is 0.925. The van der Waals surface area contributed by atoms with Crippen molar-refractivity contribution in [2.24, 2.45) is 11.8 Å². The summed E-state index contributed by atoms with van der Waals surface area (Å²) in [4.78, 5) is 4.72. The zero-order valence-corrected chi connectivity index (χ0v) is 14.0. The summed E-state index contributed by atoms with van der Waals surface area (Å²) in [7, 11) is 0. The maximum absolute atomic E-state index is 10.9. The molecule has 3 unspecified atom stereocenters. The summed E-state index contributed by atoms with van der Waals surface area (Å²) in [5.41, 5.74) is 1.76. The second kappa shape index (κ2) is 6.45. The monoisotopic (exact) mass is 347 g/mol. The van der Waals surface area contributed by atoms with Crippen LogP contribution in [-0.2, 0) is 0 Å². The molecule has 1 N–H and O–H groups in total. The van der Waals surface area contributed by atoms with Crippen molar-refractivity contribution in [1.29, 1.82) is 0 Å². The first kappa shape index (κ1) is 15.0. The van der Waals surface area contributed by atoms with Gasteiger partial charge in [-0.05, 0) is 46.3 Å². The molecule has 112 valence electrons. The molecule has 2 nitrogen and oxygen atoms in total. The van der Waals surface area contributed by atoms with Crippen molar-refractivity contribution in [2.45, 2.75) is 45.1 Å². The smallest absolute Gasteiger partial charge is 0.100 e. The molecule has 3 heteroatoms. The molecule has 1 heterocycles. The largest absolute Gasteiger partial charge is 0.386 e. The molecule has 0 saturated heterocycles. The molecule has 1 aliphatic rings. The Morgan fingerprint density at radius 2 is 2.05 bits per heavy atom. The van der Waals surface area contributed by atoms with Gasteiger partial charge in [-0.1, -0.05) is 50.8 Å². The Kier molecular flexibility index (Phi) is 4.60. The zero-order valence-electron chi connectivity index (χ0n) is 12.4. The van der Waals surface area contributed by atoms with Crippen LogP contribution >= 0.6 is 15.9 Å². The van der Waals surface area contributed by atoms with Crippen LogP contribution in [0.2, 0.25) is 0 Å². The number of rotatable bonds is 3. The first-order valence-corrected chi connectivity index (χ1v) is 8.73. The van der Waals surface area contributed by atoms with Gasteiger partial charge in [0.25, 0.3) is 0 Å². The minimum absolute atomic E-state index is 0.341. The number of aliphatic hydroxyl groups excluding tert-OH is 1. The predicted molar refractivity (Wildman–Crippen MR) is 90.1 cm³/mol. The standard InChI is InChI=1S/C18H22BrNO/c1-2-12-7-3-5-9-14(12)18(21)17-15(19)11-13-8-4-6-10-16(13)20-17/h4,6,8,10-12,14,18,21H,2-3,5,7,9H2,1H3. The number of aromatic nitrogens is 1. The van der Waals surface area contributed by atoms with Crippen LogP contribution in [0.1, 0.15) is 50.8 Å². The lowest BCUT2D eigenvalue weighted by Gasteiger charge is -2.34. The van der Waals surface area contributed by atoms with E-state index in [9.17, 15) is 5.11 Å². The minimum atomic E-state index is -0.464. The molecular formula is C18H22BrNO. The number of hydrogen-bond donors (Lipinski definition) is 1. The molecule has 1 aromatic heterocycles. The predicted octanol–water partition coefficient (Wildman–Crippen LogP) is 5.25. The molecule has 3 rings (SSSR count). The van der Waals surface area contributed by atoms with Crippen molar-refractivity contribution in [3.8, 4) is 0 Å². The molecule has 2 aromatic rings. The Morgan fingerprint density at radius 3 is 2.86 bits per heavy atom. The molecule has 1 aromatic carbocycles. The minimum Gasteiger partial charge on any atom is -0.386 e. The van der Waals surface area contributed by atoms with Gasteiger partial charge in [0, 0.05) is 9.86 Å². The number of para-hydroxylation sites is 1. The summed E-state index contributed by atoms with van der Waals surface area (Å²) in [5.74, 6) is 0.961. The fraction of sp³-hybridized carbons (Fsp3) is 0.500. The molecule has 0 radical (unpaired) electrons. The van der Waals surface area contributed by atoms with Crippen LogP contribution in [0, 0.1) is 11.8 Å². The van der Waals surface area contributed by atoms with E-state index in [1.165, 1.54) is 19.3 Å². The lowest BCUT2D eigenvalue weighted by atomic mass is 9.74. The van der Waals surface area contributed by atoms with Crippen LogP contribution in [0.3, 0.4) is 0 Å². The summed E-state index contributed by atoms with van der Waals surface area (Å²) in [6.07, 6.45) is 5.56. The molecule has 1 saturated carbocycles. The Hall–Kier alpha value is -0.930. The topological polar surface area (TPSA) is 33.1 Å². The number of pyridine rings is 1. The Labute approximate surface area is 134 Å². The number of nitrogens with zero attached hydrogens (tertiary/aromatic N) is 1. The second-order valence-electron chi connectivity index (χ2n) is 6.11. The third-order valence-corrected chi connectivity index (χ3v) is 5.52. The van der Waals surface area contributed by atoms with Crippen LogP contribution in [-0.4, -0.2) is 10.1 Å². The van der Waals surface area contributed by atoms with Gasteiger partial charge >= 0.3 is 0 Å². The SMILES string of the molecule is CCC1CCCCC1C(O)c1nc2ccccc2cc1Br. The Bertz CT molecular complexity index is 628. The second-order valence-corrected chi connectivity index (χ2v) is 6.96. The van der Waals surface area contributed by atoms with Gasteiger partial charge < -0.3 is 5.11 Å². The van der Waals surface area contributed by atoms with Gasteiger partial charge in [0.2, 0.25) is 0 Å².